The number of hydrogen-bond acceptors (Lipinski definition) is 7. The van der Waals surface area contributed by atoms with Gasteiger partial charge in [0.1, 0.15) is 11.5 Å². The van der Waals surface area contributed by atoms with Crippen molar-refractivity contribution in [2.24, 2.45) is 4.99 Å². The van der Waals surface area contributed by atoms with E-state index in [9.17, 15) is 14.9 Å². The second-order valence-electron chi connectivity index (χ2n) is 9.25. The van der Waals surface area contributed by atoms with Gasteiger partial charge in [0.05, 0.1) is 26.8 Å². The molecule has 192 valence electrons. The molecule has 2 aromatic carbocycles. The van der Waals surface area contributed by atoms with E-state index in [0.717, 1.165) is 34.6 Å². The molecule has 1 atom stereocenters. The Bertz CT molecular complexity index is 2000. The number of allylic oxidation sites excluding steroid dienone is 1. The van der Waals surface area contributed by atoms with Crippen molar-refractivity contribution in [2.75, 3.05) is 0 Å². The Hall–Kier alpha value is -4.05. The van der Waals surface area contributed by atoms with Crippen LogP contribution in [0.1, 0.15) is 34.2 Å². The van der Waals surface area contributed by atoms with Crippen molar-refractivity contribution in [2.45, 2.75) is 18.9 Å². The highest BCUT2D eigenvalue weighted by Gasteiger charge is 2.33. The summed E-state index contributed by atoms with van der Waals surface area (Å²) in [5, 5.41) is 13.9. The molecule has 39 heavy (non-hydrogen) atoms. The first kappa shape index (κ1) is 24.0. The zero-order chi connectivity index (χ0) is 26.7. The lowest BCUT2D eigenvalue weighted by atomic mass is 9.85. The van der Waals surface area contributed by atoms with Gasteiger partial charge in [0.25, 0.3) is 11.2 Å². The molecular formula is C29H18ClN3O4S2. The summed E-state index contributed by atoms with van der Waals surface area (Å²) in [6.45, 7) is 0. The summed E-state index contributed by atoms with van der Waals surface area (Å²) < 4.78 is 8.22. The van der Waals surface area contributed by atoms with E-state index in [-0.39, 0.29) is 22.3 Å². The van der Waals surface area contributed by atoms with Crippen molar-refractivity contribution in [3.8, 4) is 11.3 Å². The molecule has 3 aromatic heterocycles. The number of rotatable bonds is 4. The number of hydrogen-bond donors (Lipinski definition) is 0. The maximum atomic E-state index is 13.8. The van der Waals surface area contributed by atoms with Crippen molar-refractivity contribution in [1.82, 2.24) is 4.57 Å². The van der Waals surface area contributed by atoms with Crippen LogP contribution in [0.3, 0.4) is 0 Å². The minimum Gasteiger partial charge on any atom is -0.456 e. The summed E-state index contributed by atoms with van der Waals surface area (Å²) in [5.74, 6) is 0.738. The molecule has 0 amide bonds. The van der Waals surface area contributed by atoms with E-state index in [1.54, 1.807) is 46.2 Å². The molecule has 5 aromatic rings. The number of halogens is 1. The van der Waals surface area contributed by atoms with Crippen LogP contribution >= 0.6 is 34.3 Å². The van der Waals surface area contributed by atoms with Crippen molar-refractivity contribution in [3.63, 3.8) is 0 Å². The number of furan rings is 1. The smallest absolute Gasteiger partial charge is 0.281 e. The van der Waals surface area contributed by atoms with Crippen molar-refractivity contribution in [1.29, 1.82) is 0 Å². The molecule has 0 radical (unpaired) electrons. The van der Waals surface area contributed by atoms with Crippen LogP contribution in [0.2, 0.25) is 5.02 Å². The van der Waals surface area contributed by atoms with Crippen molar-refractivity contribution in [3.05, 3.63) is 134 Å². The van der Waals surface area contributed by atoms with Gasteiger partial charge in [0.2, 0.25) is 0 Å². The Morgan fingerprint density at radius 2 is 1.95 bits per heavy atom. The Morgan fingerprint density at radius 3 is 2.77 bits per heavy atom. The van der Waals surface area contributed by atoms with Crippen LogP contribution in [-0.4, -0.2) is 9.49 Å². The number of nitro benzene ring substituents is 1. The maximum absolute atomic E-state index is 13.8. The van der Waals surface area contributed by atoms with Gasteiger partial charge < -0.3 is 4.42 Å². The van der Waals surface area contributed by atoms with Crippen molar-refractivity contribution < 1.29 is 9.34 Å². The Labute approximate surface area is 234 Å². The number of benzene rings is 2. The standard InChI is InChI=1S/C29H18ClN3O4S2/c30-17-8-11-20(22(14-17)33(35)36)23-12-9-18(37-23)15-25-28(34)32-27(24-6-3-13-38-24)21-10-7-16-4-1-2-5-19(16)26(21)31-29(32)39-25/h1-6,8-9,11-15,27H,7,10H2. The third-order valence-corrected chi connectivity index (χ3v) is 9.15. The summed E-state index contributed by atoms with van der Waals surface area (Å²) in [5.41, 5.74) is 4.53. The molecule has 7 rings (SSSR count). The first-order chi connectivity index (χ1) is 19.0. The molecule has 0 fully saturated rings. The summed E-state index contributed by atoms with van der Waals surface area (Å²) in [6, 6.07) is 20.0. The molecular weight excluding hydrogens is 554 g/mol. The fourth-order valence-corrected chi connectivity index (χ4v) is 7.28. The topological polar surface area (TPSA) is 90.6 Å². The number of thiophene rings is 1. The van der Waals surface area contributed by atoms with E-state index >= 15 is 0 Å². The van der Waals surface area contributed by atoms with Crippen LogP contribution in [0.15, 0.2) is 91.9 Å². The van der Waals surface area contributed by atoms with Gasteiger partial charge in [0, 0.05) is 27.6 Å². The highest BCUT2D eigenvalue weighted by Crippen LogP contribution is 2.42. The quantitative estimate of drug-likeness (QED) is 0.190. The second-order valence-corrected chi connectivity index (χ2v) is 11.7. The minimum absolute atomic E-state index is 0.141. The molecule has 7 nitrogen and oxygen atoms in total. The number of nitro groups is 1. The molecule has 1 aliphatic carbocycles. The van der Waals surface area contributed by atoms with Gasteiger partial charge >= 0.3 is 0 Å². The monoisotopic (exact) mass is 571 g/mol. The van der Waals surface area contributed by atoms with E-state index in [1.165, 1.54) is 23.0 Å². The van der Waals surface area contributed by atoms with E-state index in [4.69, 9.17) is 21.0 Å². The summed E-state index contributed by atoms with van der Waals surface area (Å²) in [6.07, 6.45) is 3.42. The molecule has 0 N–H and O–H groups in total. The van der Waals surface area contributed by atoms with Gasteiger partial charge in [-0.2, -0.15) is 0 Å². The first-order valence-corrected chi connectivity index (χ1v) is 14.3. The van der Waals surface area contributed by atoms with Gasteiger partial charge in [-0.05, 0) is 59.7 Å². The lowest BCUT2D eigenvalue weighted by molar-refractivity contribution is -0.384. The number of fused-ring (bicyclic) bond motifs is 3. The Morgan fingerprint density at radius 1 is 1.08 bits per heavy atom. The number of nitrogens with zero attached hydrogens (tertiary/aromatic N) is 3. The largest absolute Gasteiger partial charge is 0.456 e. The fraction of sp³-hybridized carbons (Fsp3) is 0.103. The lowest BCUT2D eigenvalue weighted by Crippen LogP contribution is -2.38. The molecule has 0 saturated heterocycles. The van der Waals surface area contributed by atoms with Gasteiger partial charge in [-0.25, -0.2) is 4.99 Å². The summed E-state index contributed by atoms with van der Waals surface area (Å²) in [4.78, 5) is 31.6. The number of aromatic nitrogens is 1. The molecule has 1 aliphatic heterocycles. The van der Waals surface area contributed by atoms with Crippen LogP contribution in [-0.2, 0) is 6.42 Å². The Kier molecular flexibility index (Phi) is 5.73. The molecule has 0 bridgehead atoms. The van der Waals surface area contributed by atoms with E-state index in [1.807, 2.05) is 23.6 Å². The van der Waals surface area contributed by atoms with Crippen LogP contribution in [0.5, 0.6) is 0 Å². The zero-order valence-corrected chi connectivity index (χ0v) is 22.6. The molecule has 0 saturated carbocycles. The zero-order valence-electron chi connectivity index (χ0n) is 20.2. The summed E-state index contributed by atoms with van der Waals surface area (Å²) in [7, 11) is 0. The van der Waals surface area contributed by atoms with Crippen LogP contribution in [0.4, 0.5) is 5.69 Å². The van der Waals surface area contributed by atoms with E-state index in [0.29, 0.717) is 26.4 Å². The third kappa shape index (κ3) is 4.01. The van der Waals surface area contributed by atoms with E-state index < -0.39 is 4.92 Å². The van der Waals surface area contributed by atoms with Gasteiger partial charge in [-0.3, -0.25) is 19.5 Å². The predicted molar refractivity (Wildman–Crippen MR) is 153 cm³/mol. The predicted octanol–water partition coefficient (Wildman–Crippen LogP) is 6.20. The van der Waals surface area contributed by atoms with Crippen LogP contribution < -0.4 is 14.9 Å². The average molecular weight is 572 g/mol. The van der Waals surface area contributed by atoms with Crippen molar-refractivity contribution >= 4 is 51.7 Å². The number of aryl methyl sites for hydroxylation is 1. The molecule has 10 heteroatoms. The first-order valence-electron chi connectivity index (χ1n) is 12.2. The summed E-state index contributed by atoms with van der Waals surface area (Å²) >= 11 is 8.91. The van der Waals surface area contributed by atoms with Crippen LogP contribution in [0, 0.1) is 10.1 Å². The maximum Gasteiger partial charge on any atom is 0.281 e. The third-order valence-electron chi connectivity index (χ3n) is 7.01. The van der Waals surface area contributed by atoms with Gasteiger partial charge in [-0.15, -0.1) is 11.3 Å². The van der Waals surface area contributed by atoms with Crippen LogP contribution in [0.25, 0.3) is 23.1 Å². The number of thiazole rings is 1. The highest BCUT2D eigenvalue weighted by atomic mass is 35.5. The molecule has 1 unspecified atom stereocenters. The molecule has 2 aliphatic rings. The Balaban J connectivity index is 1.37. The molecule has 0 spiro atoms. The second kappa shape index (κ2) is 9.30. The normalized spacial score (nSPS) is 16.4. The minimum atomic E-state index is -0.494. The van der Waals surface area contributed by atoms with E-state index in [2.05, 4.69) is 18.2 Å². The highest BCUT2D eigenvalue weighted by molar-refractivity contribution is 7.10. The molecule has 4 heterocycles. The lowest BCUT2D eigenvalue weighted by Gasteiger charge is -2.30. The average Bonchev–Trinajstić information content (AvgIpc) is 3.69. The SMILES string of the molecule is O=c1c(=Cc2ccc(-c3ccc(Cl)cc3[N+](=O)[O-])o2)sc2n1C(c1cccs1)C1=C(N=2)c2ccccc2CC1. The van der Waals surface area contributed by atoms with Gasteiger partial charge in [-0.1, -0.05) is 53.3 Å². The fourth-order valence-electron chi connectivity index (χ4n) is 5.29. The van der Waals surface area contributed by atoms with Gasteiger partial charge in [0.15, 0.2) is 4.80 Å².